The minimum absolute atomic E-state index is 0.669. The number of nitrogens with one attached hydrogen (secondary N) is 1. The molecular formula is C11H7Br2ClN2. The van der Waals surface area contributed by atoms with Gasteiger partial charge in [0.1, 0.15) is 5.82 Å². The molecule has 2 rings (SSSR count). The number of benzene rings is 1. The van der Waals surface area contributed by atoms with Crippen molar-refractivity contribution in [2.24, 2.45) is 0 Å². The van der Waals surface area contributed by atoms with Gasteiger partial charge in [-0.3, -0.25) is 0 Å². The van der Waals surface area contributed by atoms with Crippen LogP contribution in [0.1, 0.15) is 0 Å². The molecule has 2 aromatic rings. The molecule has 0 saturated carbocycles. The average molecular weight is 362 g/mol. The van der Waals surface area contributed by atoms with Gasteiger partial charge in [0.05, 0.1) is 5.02 Å². The molecule has 0 spiro atoms. The number of anilines is 2. The quantitative estimate of drug-likeness (QED) is 0.813. The second kappa shape index (κ2) is 5.17. The van der Waals surface area contributed by atoms with E-state index in [4.69, 9.17) is 11.6 Å². The van der Waals surface area contributed by atoms with E-state index in [9.17, 15) is 0 Å². The highest BCUT2D eigenvalue weighted by Crippen LogP contribution is 2.27. The average Bonchev–Trinajstić information content (AvgIpc) is 2.27. The van der Waals surface area contributed by atoms with Crippen molar-refractivity contribution in [1.82, 2.24) is 4.98 Å². The van der Waals surface area contributed by atoms with Crippen LogP contribution in [-0.2, 0) is 0 Å². The third-order valence-electron chi connectivity index (χ3n) is 1.92. The standard InChI is InChI=1S/C11H7Br2ClN2/c12-7-1-4-11(15-6-7)16-8-2-3-9(13)10(14)5-8/h1-6H,(H,15,16). The Morgan fingerprint density at radius 2 is 1.94 bits per heavy atom. The van der Waals surface area contributed by atoms with Crippen LogP contribution in [0.5, 0.6) is 0 Å². The minimum atomic E-state index is 0.669. The summed E-state index contributed by atoms with van der Waals surface area (Å²) in [5.74, 6) is 0.779. The van der Waals surface area contributed by atoms with Crippen LogP contribution >= 0.6 is 43.5 Å². The molecule has 0 fully saturated rings. The lowest BCUT2D eigenvalue weighted by Crippen LogP contribution is -1.92. The molecule has 5 heteroatoms. The number of rotatable bonds is 2. The second-order valence-electron chi connectivity index (χ2n) is 3.12. The Bertz CT molecular complexity index is 500. The molecule has 0 amide bonds. The van der Waals surface area contributed by atoms with Crippen molar-refractivity contribution in [2.75, 3.05) is 5.32 Å². The minimum Gasteiger partial charge on any atom is -0.340 e. The van der Waals surface area contributed by atoms with Crippen LogP contribution in [0.25, 0.3) is 0 Å². The van der Waals surface area contributed by atoms with E-state index in [1.54, 1.807) is 6.20 Å². The van der Waals surface area contributed by atoms with Crippen molar-refractivity contribution in [2.45, 2.75) is 0 Å². The maximum atomic E-state index is 5.99. The molecule has 0 atom stereocenters. The smallest absolute Gasteiger partial charge is 0.130 e. The number of hydrogen-bond donors (Lipinski definition) is 1. The van der Waals surface area contributed by atoms with Gasteiger partial charge in [-0.2, -0.15) is 0 Å². The summed E-state index contributed by atoms with van der Waals surface area (Å²) >= 11 is 12.7. The third-order valence-corrected chi connectivity index (χ3v) is 3.62. The number of hydrogen-bond acceptors (Lipinski definition) is 2. The van der Waals surface area contributed by atoms with Crippen molar-refractivity contribution in [3.05, 3.63) is 50.5 Å². The monoisotopic (exact) mass is 360 g/mol. The Balaban J connectivity index is 2.20. The first-order valence-corrected chi connectivity index (χ1v) is 6.45. The van der Waals surface area contributed by atoms with E-state index >= 15 is 0 Å². The first kappa shape index (κ1) is 11.9. The SMILES string of the molecule is Clc1cc(Nc2ccc(Br)cn2)ccc1Br. The molecule has 1 heterocycles. The fourth-order valence-electron chi connectivity index (χ4n) is 1.17. The zero-order valence-electron chi connectivity index (χ0n) is 8.05. The van der Waals surface area contributed by atoms with E-state index in [0.717, 1.165) is 20.5 Å². The first-order chi connectivity index (χ1) is 7.65. The summed E-state index contributed by atoms with van der Waals surface area (Å²) in [6, 6.07) is 9.48. The lowest BCUT2D eigenvalue weighted by molar-refractivity contribution is 1.29. The highest BCUT2D eigenvalue weighted by molar-refractivity contribution is 9.10. The van der Waals surface area contributed by atoms with Crippen molar-refractivity contribution in [3.63, 3.8) is 0 Å². The van der Waals surface area contributed by atoms with Gasteiger partial charge in [-0.1, -0.05) is 11.6 Å². The van der Waals surface area contributed by atoms with Crippen LogP contribution in [0.4, 0.5) is 11.5 Å². The maximum absolute atomic E-state index is 5.99. The highest BCUT2D eigenvalue weighted by atomic mass is 79.9. The molecule has 0 radical (unpaired) electrons. The number of aromatic nitrogens is 1. The van der Waals surface area contributed by atoms with Crippen molar-refractivity contribution >= 4 is 55.0 Å². The second-order valence-corrected chi connectivity index (χ2v) is 5.29. The topological polar surface area (TPSA) is 24.9 Å². The van der Waals surface area contributed by atoms with Gasteiger partial charge in [0.2, 0.25) is 0 Å². The molecule has 2 nitrogen and oxygen atoms in total. The molecular weight excluding hydrogens is 355 g/mol. The van der Waals surface area contributed by atoms with Gasteiger partial charge in [-0.15, -0.1) is 0 Å². The van der Waals surface area contributed by atoms with E-state index in [-0.39, 0.29) is 0 Å². The lowest BCUT2D eigenvalue weighted by atomic mass is 10.3. The van der Waals surface area contributed by atoms with Gasteiger partial charge in [0.25, 0.3) is 0 Å². The summed E-state index contributed by atoms with van der Waals surface area (Å²) in [5.41, 5.74) is 0.906. The van der Waals surface area contributed by atoms with Crippen LogP contribution in [-0.4, -0.2) is 4.98 Å². The Labute approximate surface area is 115 Å². The van der Waals surface area contributed by atoms with Crippen molar-refractivity contribution in [3.8, 4) is 0 Å². The zero-order valence-corrected chi connectivity index (χ0v) is 12.0. The van der Waals surface area contributed by atoms with Crippen LogP contribution < -0.4 is 5.32 Å². The third kappa shape index (κ3) is 2.97. The summed E-state index contributed by atoms with van der Waals surface area (Å²) in [7, 11) is 0. The van der Waals surface area contributed by atoms with E-state index in [0.29, 0.717) is 5.02 Å². The van der Waals surface area contributed by atoms with E-state index in [1.165, 1.54) is 0 Å². The normalized spacial score (nSPS) is 10.2. The number of nitrogens with zero attached hydrogens (tertiary/aromatic N) is 1. The van der Waals surface area contributed by atoms with Crippen LogP contribution in [0.3, 0.4) is 0 Å². The fraction of sp³-hybridized carbons (Fsp3) is 0. The Kier molecular flexibility index (Phi) is 3.84. The molecule has 1 aromatic heterocycles. The lowest BCUT2D eigenvalue weighted by Gasteiger charge is -2.06. The van der Waals surface area contributed by atoms with Crippen molar-refractivity contribution < 1.29 is 0 Å². The van der Waals surface area contributed by atoms with E-state index < -0.39 is 0 Å². The molecule has 0 aliphatic rings. The molecule has 0 aliphatic carbocycles. The zero-order chi connectivity index (χ0) is 11.5. The molecule has 0 aliphatic heterocycles. The molecule has 0 saturated heterocycles. The molecule has 82 valence electrons. The fourth-order valence-corrected chi connectivity index (χ4v) is 1.83. The van der Waals surface area contributed by atoms with Gasteiger partial charge in [0.15, 0.2) is 0 Å². The molecule has 16 heavy (non-hydrogen) atoms. The number of halogens is 3. The van der Waals surface area contributed by atoms with Gasteiger partial charge in [0, 0.05) is 20.8 Å². The van der Waals surface area contributed by atoms with E-state index in [2.05, 4.69) is 42.2 Å². The summed E-state index contributed by atoms with van der Waals surface area (Å²) in [6.45, 7) is 0. The Hall–Kier alpha value is -0.580. The largest absolute Gasteiger partial charge is 0.340 e. The van der Waals surface area contributed by atoms with Crippen LogP contribution in [0, 0.1) is 0 Å². The highest BCUT2D eigenvalue weighted by Gasteiger charge is 2.00. The van der Waals surface area contributed by atoms with Gasteiger partial charge < -0.3 is 5.32 Å². The van der Waals surface area contributed by atoms with E-state index in [1.807, 2.05) is 30.3 Å². The maximum Gasteiger partial charge on any atom is 0.130 e. The van der Waals surface area contributed by atoms with Crippen LogP contribution in [0.2, 0.25) is 5.02 Å². The Morgan fingerprint density at radius 1 is 1.12 bits per heavy atom. The summed E-state index contributed by atoms with van der Waals surface area (Å²) < 4.78 is 1.83. The van der Waals surface area contributed by atoms with Crippen LogP contribution in [0.15, 0.2) is 45.5 Å². The molecule has 0 unspecified atom stereocenters. The summed E-state index contributed by atoms with van der Waals surface area (Å²) in [5, 5.41) is 3.83. The van der Waals surface area contributed by atoms with Gasteiger partial charge >= 0.3 is 0 Å². The summed E-state index contributed by atoms with van der Waals surface area (Å²) in [4.78, 5) is 4.21. The van der Waals surface area contributed by atoms with Crippen molar-refractivity contribution in [1.29, 1.82) is 0 Å². The number of pyridine rings is 1. The predicted molar refractivity (Wildman–Crippen MR) is 74.4 cm³/mol. The predicted octanol–water partition coefficient (Wildman–Crippen LogP) is 5.00. The molecule has 1 aromatic carbocycles. The summed E-state index contributed by atoms with van der Waals surface area (Å²) in [6.07, 6.45) is 1.74. The van der Waals surface area contributed by atoms with Gasteiger partial charge in [-0.25, -0.2) is 4.98 Å². The molecule has 0 bridgehead atoms. The van der Waals surface area contributed by atoms with Gasteiger partial charge in [-0.05, 0) is 62.2 Å². The Morgan fingerprint density at radius 3 is 2.56 bits per heavy atom. The molecule has 1 N–H and O–H groups in total. The first-order valence-electron chi connectivity index (χ1n) is 4.49.